The first-order valence-electron chi connectivity index (χ1n) is 4.49. The van der Waals surface area contributed by atoms with Crippen LogP contribution in [0.1, 0.15) is 16.7 Å². The molecule has 0 aromatic heterocycles. The average molecular weight is 215 g/mol. The number of aryl methyl sites for hydroxylation is 1. The highest BCUT2D eigenvalue weighted by molar-refractivity contribution is 5.52. The normalized spacial score (nSPS) is 12.3. The largest absolute Gasteiger partial charge is 0.416 e. The van der Waals surface area contributed by atoms with Crippen LogP contribution in [-0.2, 0) is 6.18 Å². The lowest BCUT2D eigenvalue weighted by atomic mass is 10.0. The van der Waals surface area contributed by atoms with Gasteiger partial charge >= 0.3 is 6.18 Å². The van der Waals surface area contributed by atoms with E-state index in [4.69, 9.17) is 5.73 Å². The summed E-state index contributed by atoms with van der Waals surface area (Å²) in [7, 11) is 0. The van der Waals surface area contributed by atoms with Gasteiger partial charge in [-0.15, -0.1) is 0 Å². The number of benzene rings is 1. The van der Waals surface area contributed by atoms with E-state index in [1.807, 2.05) is 0 Å². The number of halogens is 3. The van der Waals surface area contributed by atoms with Crippen molar-refractivity contribution < 1.29 is 13.2 Å². The molecule has 0 fully saturated rings. The molecule has 0 amide bonds. The Hall–Kier alpha value is -1.29. The summed E-state index contributed by atoms with van der Waals surface area (Å²) >= 11 is 0. The van der Waals surface area contributed by atoms with Gasteiger partial charge in [-0.25, -0.2) is 0 Å². The Kier molecular flexibility index (Phi) is 3.52. The van der Waals surface area contributed by atoms with E-state index in [1.165, 1.54) is 19.1 Å². The van der Waals surface area contributed by atoms with Crippen LogP contribution in [-0.4, -0.2) is 6.54 Å². The lowest BCUT2D eigenvalue weighted by Crippen LogP contribution is -2.07. The summed E-state index contributed by atoms with van der Waals surface area (Å²) in [5.74, 6) is 0. The molecule has 4 heteroatoms. The van der Waals surface area contributed by atoms with Crippen molar-refractivity contribution in [3.63, 3.8) is 0 Å². The topological polar surface area (TPSA) is 26.0 Å². The Morgan fingerprint density at radius 3 is 2.47 bits per heavy atom. The van der Waals surface area contributed by atoms with Crippen molar-refractivity contribution in [1.29, 1.82) is 0 Å². The van der Waals surface area contributed by atoms with E-state index in [2.05, 4.69) is 0 Å². The number of alkyl halides is 3. The fourth-order valence-electron chi connectivity index (χ4n) is 1.31. The van der Waals surface area contributed by atoms with Gasteiger partial charge in [-0.05, 0) is 24.1 Å². The smallest absolute Gasteiger partial charge is 0.327 e. The molecular weight excluding hydrogens is 203 g/mol. The molecule has 15 heavy (non-hydrogen) atoms. The molecule has 0 saturated carbocycles. The maximum atomic E-state index is 12.4. The van der Waals surface area contributed by atoms with Crippen LogP contribution in [0.5, 0.6) is 0 Å². The van der Waals surface area contributed by atoms with E-state index in [9.17, 15) is 13.2 Å². The minimum atomic E-state index is -4.28. The van der Waals surface area contributed by atoms with Gasteiger partial charge in [0.05, 0.1) is 5.56 Å². The van der Waals surface area contributed by atoms with Crippen molar-refractivity contribution in [3.8, 4) is 0 Å². The Morgan fingerprint density at radius 1 is 1.33 bits per heavy atom. The number of nitrogens with two attached hydrogens (primary N) is 1. The Balaban J connectivity index is 3.04. The molecule has 82 valence electrons. The maximum Gasteiger partial charge on any atom is 0.416 e. The molecule has 1 rings (SSSR count). The van der Waals surface area contributed by atoms with Gasteiger partial charge in [0.25, 0.3) is 0 Å². The molecule has 1 nitrogen and oxygen atoms in total. The minimum Gasteiger partial charge on any atom is -0.327 e. The third-order valence-electron chi connectivity index (χ3n) is 2.00. The molecule has 0 unspecified atom stereocenters. The Bertz CT molecular complexity index is 367. The van der Waals surface area contributed by atoms with Crippen LogP contribution in [0, 0.1) is 6.92 Å². The lowest BCUT2D eigenvalue weighted by molar-refractivity contribution is -0.138. The van der Waals surface area contributed by atoms with Crippen LogP contribution in [0.3, 0.4) is 0 Å². The highest BCUT2D eigenvalue weighted by Crippen LogP contribution is 2.32. The van der Waals surface area contributed by atoms with Gasteiger partial charge in [-0.1, -0.05) is 24.3 Å². The first kappa shape index (κ1) is 11.8. The van der Waals surface area contributed by atoms with Gasteiger partial charge in [-0.3, -0.25) is 0 Å². The highest BCUT2D eigenvalue weighted by Gasteiger charge is 2.31. The predicted octanol–water partition coefficient (Wildman–Crippen LogP) is 2.99. The van der Waals surface area contributed by atoms with Crippen LogP contribution in [0.4, 0.5) is 13.2 Å². The summed E-state index contributed by atoms with van der Waals surface area (Å²) in [5, 5.41) is 0. The van der Waals surface area contributed by atoms with Gasteiger partial charge in [0.2, 0.25) is 0 Å². The first-order chi connectivity index (χ1) is 6.95. The van der Waals surface area contributed by atoms with Crippen LogP contribution < -0.4 is 5.73 Å². The van der Waals surface area contributed by atoms with Crippen molar-refractivity contribution in [2.45, 2.75) is 13.1 Å². The number of hydrogen-bond donors (Lipinski definition) is 1. The second-order valence-electron chi connectivity index (χ2n) is 3.21. The second kappa shape index (κ2) is 4.49. The predicted molar refractivity (Wildman–Crippen MR) is 54.3 cm³/mol. The first-order valence-corrected chi connectivity index (χ1v) is 4.49. The molecule has 0 aliphatic heterocycles. The summed E-state index contributed by atoms with van der Waals surface area (Å²) < 4.78 is 37.2. The van der Waals surface area contributed by atoms with Crippen LogP contribution in [0.2, 0.25) is 0 Å². The Morgan fingerprint density at radius 2 is 2.00 bits per heavy atom. The summed E-state index contributed by atoms with van der Waals surface area (Å²) in [4.78, 5) is 0. The third-order valence-corrected chi connectivity index (χ3v) is 2.00. The van der Waals surface area contributed by atoms with E-state index < -0.39 is 11.7 Å². The van der Waals surface area contributed by atoms with Crippen molar-refractivity contribution in [1.82, 2.24) is 0 Å². The molecular formula is C11H12F3N. The van der Waals surface area contributed by atoms with E-state index in [0.29, 0.717) is 6.54 Å². The molecule has 0 radical (unpaired) electrons. The highest BCUT2D eigenvalue weighted by atomic mass is 19.4. The van der Waals surface area contributed by atoms with Crippen molar-refractivity contribution in [2.75, 3.05) is 6.54 Å². The third kappa shape index (κ3) is 3.09. The maximum absolute atomic E-state index is 12.4. The standard InChI is InChI=1S/C11H12F3N/c1-8-7-9(3-2-6-15)4-5-10(8)11(12,13)14/h2-5,7H,6,15H2,1H3. The molecule has 0 aliphatic carbocycles. The van der Waals surface area contributed by atoms with Gasteiger partial charge in [-0.2, -0.15) is 13.2 Å². The van der Waals surface area contributed by atoms with Crippen LogP contribution >= 0.6 is 0 Å². The monoisotopic (exact) mass is 215 g/mol. The number of hydrogen-bond acceptors (Lipinski definition) is 1. The fraction of sp³-hybridized carbons (Fsp3) is 0.273. The van der Waals surface area contributed by atoms with E-state index in [-0.39, 0.29) is 5.56 Å². The molecule has 0 atom stereocenters. The molecule has 0 spiro atoms. The van der Waals surface area contributed by atoms with Crippen molar-refractivity contribution in [2.24, 2.45) is 5.73 Å². The number of rotatable bonds is 2. The summed E-state index contributed by atoms with van der Waals surface area (Å²) in [6.45, 7) is 1.82. The Labute approximate surface area is 86.4 Å². The summed E-state index contributed by atoms with van der Waals surface area (Å²) in [5.41, 5.74) is 5.61. The van der Waals surface area contributed by atoms with Gasteiger partial charge in [0.15, 0.2) is 0 Å². The molecule has 0 saturated heterocycles. The molecule has 0 aliphatic rings. The molecule has 0 bridgehead atoms. The second-order valence-corrected chi connectivity index (χ2v) is 3.21. The van der Waals surface area contributed by atoms with Crippen molar-refractivity contribution in [3.05, 3.63) is 41.0 Å². The summed E-state index contributed by atoms with van der Waals surface area (Å²) in [6.07, 6.45) is -0.880. The SMILES string of the molecule is Cc1cc(C=CCN)ccc1C(F)(F)F. The molecule has 1 aromatic rings. The average Bonchev–Trinajstić information content (AvgIpc) is 2.12. The lowest BCUT2D eigenvalue weighted by Gasteiger charge is -2.10. The van der Waals surface area contributed by atoms with Gasteiger partial charge < -0.3 is 5.73 Å². The quantitative estimate of drug-likeness (QED) is 0.806. The van der Waals surface area contributed by atoms with E-state index in [1.54, 1.807) is 12.2 Å². The molecule has 0 heterocycles. The van der Waals surface area contributed by atoms with E-state index in [0.717, 1.165) is 11.6 Å². The van der Waals surface area contributed by atoms with Crippen LogP contribution in [0.15, 0.2) is 24.3 Å². The minimum absolute atomic E-state index is 0.224. The zero-order valence-corrected chi connectivity index (χ0v) is 8.31. The van der Waals surface area contributed by atoms with Gasteiger partial charge in [0, 0.05) is 6.54 Å². The fourth-order valence-corrected chi connectivity index (χ4v) is 1.31. The zero-order valence-electron chi connectivity index (χ0n) is 8.31. The van der Waals surface area contributed by atoms with Crippen molar-refractivity contribution >= 4 is 6.08 Å². The zero-order chi connectivity index (χ0) is 11.5. The molecule has 2 N–H and O–H groups in total. The summed E-state index contributed by atoms with van der Waals surface area (Å²) in [6, 6.07) is 4.02. The van der Waals surface area contributed by atoms with E-state index >= 15 is 0 Å². The van der Waals surface area contributed by atoms with Crippen LogP contribution in [0.25, 0.3) is 6.08 Å². The molecule has 1 aromatic carbocycles. The van der Waals surface area contributed by atoms with Gasteiger partial charge in [0.1, 0.15) is 0 Å².